The maximum Gasteiger partial charge on any atom is 0.407 e. The summed E-state index contributed by atoms with van der Waals surface area (Å²) < 4.78 is 5.54. The van der Waals surface area contributed by atoms with Gasteiger partial charge < -0.3 is 37.1 Å². The molecule has 2 atom stereocenters. The van der Waals surface area contributed by atoms with Crippen LogP contribution < -0.4 is 38.1 Å². The summed E-state index contributed by atoms with van der Waals surface area (Å²) in [5.41, 5.74) is 10.2. The van der Waals surface area contributed by atoms with Gasteiger partial charge in [-0.05, 0) is 59.3 Å². The summed E-state index contributed by atoms with van der Waals surface area (Å²) in [5.74, 6) is -2.21. The van der Waals surface area contributed by atoms with Gasteiger partial charge in [0.25, 0.3) is 0 Å². The third-order valence-corrected chi connectivity index (χ3v) is 9.88. The van der Waals surface area contributed by atoms with Gasteiger partial charge in [0.15, 0.2) is 0 Å². The lowest BCUT2D eigenvalue weighted by molar-refractivity contribution is -0.139. The second kappa shape index (κ2) is 20.2. The molecule has 6 amide bonds. The quantitative estimate of drug-likeness (QED) is 0.0437. The molecule has 19 heteroatoms. The minimum Gasteiger partial charge on any atom is -0.444 e. The molecule has 9 N–H and O–H groups in total. The van der Waals surface area contributed by atoms with Crippen molar-refractivity contribution < 1.29 is 33.5 Å². The average molecular weight is 711 g/mol. The Morgan fingerprint density at radius 1 is 0.711 bits per heavy atom. The Labute approximate surface area is 279 Å². The summed E-state index contributed by atoms with van der Waals surface area (Å²) in [7, 11) is 6.51. The van der Waals surface area contributed by atoms with Gasteiger partial charge in [-0.3, -0.25) is 34.6 Å². The van der Waals surface area contributed by atoms with E-state index in [4.69, 9.17) is 16.2 Å². The summed E-state index contributed by atoms with van der Waals surface area (Å²) >= 11 is 0. The van der Waals surface area contributed by atoms with Crippen molar-refractivity contribution in [2.24, 2.45) is 11.5 Å². The van der Waals surface area contributed by atoms with Gasteiger partial charge in [0.1, 0.15) is 28.1 Å². The highest BCUT2D eigenvalue weighted by Crippen LogP contribution is 2.51. The van der Waals surface area contributed by atoms with Crippen molar-refractivity contribution in [3.8, 4) is 0 Å². The van der Waals surface area contributed by atoms with Crippen molar-refractivity contribution in [3.05, 3.63) is 0 Å². The zero-order valence-electron chi connectivity index (χ0n) is 25.9. The van der Waals surface area contributed by atoms with E-state index in [1.807, 2.05) is 0 Å². The Kier molecular flexibility index (Phi) is 17.6. The van der Waals surface area contributed by atoms with Crippen LogP contribution in [0.1, 0.15) is 65.7 Å². The molecule has 15 nitrogen and oxygen atoms in total. The molecule has 45 heavy (non-hydrogen) atoms. The van der Waals surface area contributed by atoms with Gasteiger partial charge in [0.05, 0.1) is 12.1 Å². The van der Waals surface area contributed by atoms with E-state index in [9.17, 15) is 28.8 Å². The largest absolute Gasteiger partial charge is 0.444 e. The molecule has 0 saturated carbocycles. The first-order valence-corrected chi connectivity index (χ1v) is 19.3. The number of nitrogens with zero attached hydrogens (tertiary/aromatic N) is 1. The van der Waals surface area contributed by atoms with Crippen LogP contribution in [0, 0.1) is 0 Å². The number of carbonyl (C=O) groups is 6. The van der Waals surface area contributed by atoms with Gasteiger partial charge in [0.2, 0.25) is 29.5 Å². The number of ether oxygens (including phenoxy) is 1. The molecular formula is C26H46N8O7S4. The van der Waals surface area contributed by atoms with Gasteiger partial charge >= 0.3 is 6.09 Å². The molecule has 2 aliphatic rings. The molecule has 0 spiro atoms. The highest BCUT2D eigenvalue weighted by Gasteiger charge is 2.30. The van der Waals surface area contributed by atoms with E-state index in [2.05, 4.69) is 26.6 Å². The zero-order chi connectivity index (χ0) is 33.4. The predicted octanol–water partition coefficient (Wildman–Crippen LogP) is 0.547. The van der Waals surface area contributed by atoms with Crippen molar-refractivity contribution in [2.75, 3.05) is 32.7 Å². The first-order chi connectivity index (χ1) is 21.2. The molecule has 0 aliphatic carbocycles. The molecule has 2 rings (SSSR count). The van der Waals surface area contributed by atoms with Crippen LogP contribution in [-0.4, -0.2) is 100 Å². The van der Waals surface area contributed by atoms with Crippen LogP contribution in [0.3, 0.4) is 0 Å². The van der Waals surface area contributed by atoms with Crippen LogP contribution in [0.2, 0.25) is 0 Å². The van der Waals surface area contributed by atoms with E-state index in [0.717, 1.165) is 4.90 Å². The summed E-state index contributed by atoms with van der Waals surface area (Å²) in [6.07, 6.45) is 2.76. The summed E-state index contributed by atoms with van der Waals surface area (Å²) in [4.78, 5) is 74.6. The summed E-state index contributed by atoms with van der Waals surface area (Å²) in [6, 6.07) is -0.868. The van der Waals surface area contributed by atoms with Gasteiger partial charge in [0, 0.05) is 26.1 Å². The highest BCUT2D eigenvalue weighted by atomic mass is 33.2. The second-order valence-electron chi connectivity index (χ2n) is 11.4. The summed E-state index contributed by atoms with van der Waals surface area (Å²) in [5, 5.41) is 14.3. The molecule has 2 fully saturated rings. The zero-order valence-corrected chi connectivity index (χ0v) is 29.2. The monoisotopic (exact) mass is 710 g/mol. The van der Waals surface area contributed by atoms with E-state index >= 15 is 0 Å². The number of nitrogens with one attached hydrogen (secondary N) is 5. The molecule has 0 radical (unpaired) electrons. The van der Waals surface area contributed by atoms with E-state index in [1.54, 1.807) is 63.9 Å². The van der Waals surface area contributed by atoms with Crippen LogP contribution in [0.15, 0.2) is 0 Å². The smallest absolute Gasteiger partial charge is 0.407 e. The number of nitrogens with two attached hydrogens (primary N) is 2. The first-order valence-electron chi connectivity index (χ1n) is 14.8. The first kappa shape index (κ1) is 39.1. The van der Waals surface area contributed by atoms with Crippen LogP contribution >= 0.6 is 43.2 Å². The normalized spacial score (nSPS) is 15.8. The van der Waals surface area contributed by atoms with Crippen molar-refractivity contribution in [1.29, 1.82) is 0 Å². The lowest BCUT2D eigenvalue weighted by atomic mass is 10.1. The number of unbranched alkanes of at least 4 members (excludes halogenated alkanes) is 2. The minimum atomic E-state index is -0.699. The fourth-order valence-corrected chi connectivity index (χ4v) is 5.94. The Morgan fingerprint density at radius 3 is 1.53 bits per heavy atom. The molecule has 2 heterocycles. The Bertz CT molecular complexity index is 972. The number of hydrogen-bond donors (Lipinski definition) is 7. The molecule has 0 bridgehead atoms. The lowest BCUT2D eigenvalue weighted by Gasteiger charge is -2.23. The molecule has 256 valence electrons. The van der Waals surface area contributed by atoms with Crippen molar-refractivity contribution in [1.82, 2.24) is 31.5 Å². The number of rotatable bonds is 23. The van der Waals surface area contributed by atoms with E-state index in [-0.39, 0.29) is 35.5 Å². The van der Waals surface area contributed by atoms with E-state index in [0.29, 0.717) is 51.6 Å². The molecular weight excluding hydrogens is 665 g/mol. The average Bonchev–Trinajstić information content (AvgIpc) is 3.86. The Balaban J connectivity index is 1.78. The number of alkyl carbamates (subject to hydrolysis) is 1. The van der Waals surface area contributed by atoms with Crippen molar-refractivity contribution in [3.63, 3.8) is 0 Å². The topological polar surface area (TPSA) is 227 Å². The third-order valence-electron chi connectivity index (χ3n) is 6.26. The summed E-state index contributed by atoms with van der Waals surface area (Å²) in [6.45, 7) is 5.08. The Morgan fingerprint density at radius 2 is 1.16 bits per heavy atom. The number of hydrogen-bond acceptors (Lipinski definition) is 13. The van der Waals surface area contributed by atoms with Gasteiger partial charge in [-0.25, -0.2) is 4.79 Å². The molecule has 2 aliphatic heterocycles. The maximum absolute atomic E-state index is 13.0. The number of primary amides is 2. The van der Waals surface area contributed by atoms with Crippen molar-refractivity contribution >= 4 is 78.8 Å². The SMILES string of the molecule is CC(C)(C)OC(=O)NCCC(=O)N(CC(=O)NCCCC[C@H](NC1SS1)C(N)=O)CC(=O)NCCCC[C@H](NC1SS1)C(N)=O. The maximum atomic E-state index is 13.0. The molecule has 2 saturated heterocycles. The van der Waals surface area contributed by atoms with Gasteiger partial charge in [-0.2, -0.15) is 0 Å². The van der Waals surface area contributed by atoms with Crippen LogP contribution in [0.5, 0.6) is 0 Å². The van der Waals surface area contributed by atoms with E-state index in [1.165, 1.54) is 0 Å². The molecule has 0 aromatic carbocycles. The number of amides is 6. The predicted molar refractivity (Wildman–Crippen MR) is 179 cm³/mol. The third kappa shape index (κ3) is 19.3. The van der Waals surface area contributed by atoms with Crippen LogP contribution in [0.4, 0.5) is 4.79 Å². The molecule has 0 aromatic heterocycles. The second-order valence-corrected chi connectivity index (χ2v) is 17.0. The van der Waals surface area contributed by atoms with E-state index < -0.39 is 53.3 Å². The minimum absolute atomic E-state index is 0.0344. The van der Waals surface area contributed by atoms with Crippen molar-refractivity contribution in [2.45, 2.75) is 92.8 Å². The number of carbonyl (C=O) groups excluding carboxylic acids is 6. The fraction of sp³-hybridized carbons (Fsp3) is 0.769. The molecule has 0 aromatic rings. The van der Waals surface area contributed by atoms with Gasteiger partial charge in [-0.1, -0.05) is 43.2 Å². The van der Waals surface area contributed by atoms with Crippen LogP contribution in [0.25, 0.3) is 0 Å². The Hall–Kier alpha value is -2.06. The molecule has 0 unspecified atom stereocenters. The fourth-order valence-electron chi connectivity index (χ4n) is 3.95. The lowest BCUT2D eigenvalue weighted by Crippen LogP contribution is -2.47. The van der Waals surface area contributed by atoms with Gasteiger partial charge in [-0.15, -0.1) is 0 Å². The standard InChI is InChI=1S/C26H46N8O7S4/c1-26(2,3)41-23(40)31-13-10-20(37)34(14-18(35)29-11-6-4-8-16(21(27)38)32-24-42-43-24)15-19(36)30-12-7-5-9-17(22(28)39)33-25-44-45-25/h16-17,24-25,32-33H,4-15H2,1-3H3,(H2,27,38)(H2,28,39)(H,29,35)(H,30,36)(H,31,40)/t16-,17-/m0/s1. The highest BCUT2D eigenvalue weighted by molar-refractivity contribution is 8.93. The van der Waals surface area contributed by atoms with Crippen LogP contribution in [-0.2, 0) is 28.7 Å².